The molecule has 2 aromatic carbocycles. The number of hydrogen-bond acceptors (Lipinski definition) is 3. The SMILES string of the molecule is c1ccc(C2(C3CCCC3)OC2COCC2OC2(c2ccccc2)C2CCCC2)cc1. The van der Waals surface area contributed by atoms with Crippen LogP contribution in [0.5, 0.6) is 0 Å². The lowest BCUT2D eigenvalue weighted by Crippen LogP contribution is -2.27. The third kappa shape index (κ3) is 3.37. The van der Waals surface area contributed by atoms with E-state index in [1.165, 1.54) is 62.5 Å². The number of epoxide rings is 2. The molecule has 31 heavy (non-hydrogen) atoms. The van der Waals surface area contributed by atoms with Gasteiger partial charge in [0, 0.05) is 0 Å². The zero-order valence-electron chi connectivity index (χ0n) is 18.4. The van der Waals surface area contributed by atoms with Crippen LogP contribution in [0.4, 0.5) is 0 Å². The largest absolute Gasteiger partial charge is 0.376 e. The molecule has 3 nitrogen and oxygen atoms in total. The molecule has 2 heterocycles. The molecule has 4 atom stereocenters. The Morgan fingerprint density at radius 3 is 1.39 bits per heavy atom. The number of benzene rings is 2. The third-order valence-electron chi connectivity index (χ3n) is 8.43. The van der Waals surface area contributed by atoms with Crippen molar-refractivity contribution < 1.29 is 14.2 Å². The van der Waals surface area contributed by atoms with Gasteiger partial charge in [0.1, 0.15) is 23.4 Å². The van der Waals surface area contributed by atoms with Crippen molar-refractivity contribution in [2.75, 3.05) is 13.2 Å². The van der Waals surface area contributed by atoms with Crippen molar-refractivity contribution in [2.45, 2.75) is 74.8 Å². The van der Waals surface area contributed by atoms with E-state index < -0.39 is 0 Å². The maximum atomic E-state index is 6.45. The van der Waals surface area contributed by atoms with E-state index in [1.54, 1.807) is 0 Å². The zero-order chi connectivity index (χ0) is 20.7. The third-order valence-corrected chi connectivity index (χ3v) is 8.43. The lowest BCUT2D eigenvalue weighted by molar-refractivity contribution is 0.101. The molecule has 4 unspecified atom stereocenters. The van der Waals surface area contributed by atoms with E-state index in [0.717, 1.165) is 0 Å². The standard InChI is InChI=1S/C28H34O3/c1-3-11-21(12-4-1)27(23-15-7-8-16-23)25(30-27)19-29-20-26-28(31-26,24-17-9-10-18-24)22-13-5-2-6-14-22/h1-6,11-14,23-26H,7-10,15-20H2. The van der Waals surface area contributed by atoms with E-state index in [2.05, 4.69) is 60.7 Å². The van der Waals surface area contributed by atoms with Gasteiger partial charge < -0.3 is 14.2 Å². The Morgan fingerprint density at radius 2 is 1.00 bits per heavy atom. The molecule has 0 spiro atoms. The summed E-state index contributed by atoms with van der Waals surface area (Å²) in [5.41, 5.74) is 2.43. The summed E-state index contributed by atoms with van der Waals surface area (Å²) in [5.74, 6) is 1.25. The molecule has 0 N–H and O–H groups in total. The van der Waals surface area contributed by atoms with Crippen molar-refractivity contribution in [1.29, 1.82) is 0 Å². The fourth-order valence-corrected chi connectivity index (χ4v) is 6.80. The molecule has 0 bridgehead atoms. The zero-order valence-corrected chi connectivity index (χ0v) is 18.4. The minimum Gasteiger partial charge on any atom is -0.376 e. The van der Waals surface area contributed by atoms with Crippen LogP contribution in [0.15, 0.2) is 60.7 Å². The molecule has 0 amide bonds. The van der Waals surface area contributed by atoms with Gasteiger partial charge in [0.25, 0.3) is 0 Å². The van der Waals surface area contributed by atoms with Crippen LogP contribution >= 0.6 is 0 Å². The number of rotatable bonds is 8. The summed E-state index contributed by atoms with van der Waals surface area (Å²) < 4.78 is 19.2. The lowest BCUT2D eigenvalue weighted by atomic mass is 9.81. The summed E-state index contributed by atoms with van der Waals surface area (Å²) in [6.07, 6.45) is 10.8. The van der Waals surface area contributed by atoms with Crippen LogP contribution < -0.4 is 0 Å². The first-order valence-electron chi connectivity index (χ1n) is 12.4. The Kier molecular flexibility index (Phi) is 5.17. The van der Waals surface area contributed by atoms with Crippen molar-refractivity contribution in [3.05, 3.63) is 71.8 Å². The minimum absolute atomic E-state index is 0.121. The van der Waals surface area contributed by atoms with E-state index in [1.807, 2.05) is 0 Å². The average Bonchev–Trinajstić information content (AvgIpc) is 3.49. The molecule has 164 valence electrons. The highest BCUT2D eigenvalue weighted by atomic mass is 16.7. The molecular weight excluding hydrogens is 384 g/mol. The first-order valence-corrected chi connectivity index (χ1v) is 12.4. The molecule has 2 saturated carbocycles. The molecule has 2 saturated heterocycles. The van der Waals surface area contributed by atoms with E-state index in [4.69, 9.17) is 14.2 Å². The quantitative estimate of drug-likeness (QED) is 0.495. The predicted octanol–water partition coefficient (Wildman–Crippen LogP) is 5.97. The monoisotopic (exact) mass is 418 g/mol. The summed E-state index contributed by atoms with van der Waals surface area (Å²) in [6, 6.07) is 21.7. The first kappa shape index (κ1) is 20.0. The van der Waals surface area contributed by atoms with Crippen LogP contribution in [0.25, 0.3) is 0 Å². The number of hydrogen-bond donors (Lipinski definition) is 0. The second-order valence-corrected chi connectivity index (χ2v) is 10.0. The van der Waals surface area contributed by atoms with E-state index in [0.29, 0.717) is 25.0 Å². The van der Waals surface area contributed by atoms with E-state index in [-0.39, 0.29) is 23.4 Å². The lowest BCUT2D eigenvalue weighted by Gasteiger charge is -2.22. The van der Waals surface area contributed by atoms with Crippen molar-refractivity contribution in [1.82, 2.24) is 0 Å². The molecule has 0 radical (unpaired) electrons. The fraction of sp³-hybridized carbons (Fsp3) is 0.571. The van der Waals surface area contributed by atoms with Gasteiger partial charge >= 0.3 is 0 Å². The Hall–Kier alpha value is -1.68. The van der Waals surface area contributed by atoms with Crippen LogP contribution in [-0.2, 0) is 25.4 Å². The van der Waals surface area contributed by atoms with Crippen LogP contribution in [0.3, 0.4) is 0 Å². The van der Waals surface area contributed by atoms with Crippen LogP contribution in [0, 0.1) is 11.8 Å². The minimum atomic E-state index is -0.121. The van der Waals surface area contributed by atoms with Gasteiger partial charge in [-0.1, -0.05) is 86.3 Å². The van der Waals surface area contributed by atoms with Gasteiger partial charge in [-0.05, 0) is 48.6 Å². The predicted molar refractivity (Wildman–Crippen MR) is 121 cm³/mol. The Balaban J connectivity index is 1.12. The maximum absolute atomic E-state index is 6.45. The molecule has 2 aliphatic heterocycles. The second kappa shape index (κ2) is 8.03. The highest BCUT2D eigenvalue weighted by Gasteiger charge is 2.64. The molecule has 3 heteroatoms. The molecule has 4 aliphatic rings. The smallest absolute Gasteiger partial charge is 0.125 e. The van der Waals surface area contributed by atoms with E-state index >= 15 is 0 Å². The Bertz CT molecular complexity index is 798. The molecule has 2 aliphatic carbocycles. The fourth-order valence-electron chi connectivity index (χ4n) is 6.80. The summed E-state index contributed by atoms with van der Waals surface area (Å²) in [6.45, 7) is 1.33. The van der Waals surface area contributed by atoms with Gasteiger partial charge in [0.2, 0.25) is 0 Å². The van der Waals surface area contributed by atoms with Gasteiger partial charge in [-0.15, -0.1) is 0 Å². The Morgan fingerprint density at radius 1 is 0.613 bits per heavy atom. The van der Waals surface area contributed by atoms with Gasteiger partial charge in [-0.25, -0.2) is 0 Å². The van der Waals surface area contributed by atoms with Crippen molar-refractivity contribution in [3.8, 4) is 0 Å². The summed E-state index contributed by atoms with van der Waals surface area (Å²) >= 11 is 0. The number of ether oxygens (including phenoxy) is 3. The second-order valence-electron chi connectivity index (χ2n) is 10.0. The summed E-state index contributed by atoms with van der Waals surface area (Å²) in [4.78, 5) is 0. The summed E-state index contributed by atoms with van der Waals surface area (Å²) in [5, 5.41) is 0. The van der Waals surface area contributed by atoms with Crippen molar-refractivity contribution in [2.24, 2.45) is 11.8 Å². The normalized spacial score (nSPS) is 35.5. The molecular formula is C28H34O3. The van der Waals surface area contributed by atoms with Crippen molar-refractivity contribution in [3.63, 3.8) is 0 Å². The van der Waals surface area contributed by atoms with E-state index in [9.17, 15) is 0 Å². The van der Waals surface area contributed by atoms with Gasteiger partial charge in [-0.3, -0.25) is 0 Å². The molecule has 6 rings (SSSR count). The average molecular weight is 419 g/mol. The van der Waals surface area contributed by atoms with Crippen LogP contribution in [0.1, 0.15) is 62.5 Å². The van der Waals surface area contributed by atoms with Gasteiger partial charge in [-0.2, -0.15) is 0 Å². The Labute approximate surface area is 186 Å². The maximum Gasteiger partial charge on any atom is 0.125 e. The molecule has 2 aromatic rings. The molecule has 4 fully saturated rings. The van der Waals surface area contributed by atoms with Gasteiger partial charge in [0.05, 0.1) is 13.2 Å². The van der Waals surface area contributed by atoms with Crippen LogP contribution in [0.2, 0.25) is 0 Å². The van der Waals surface area contributed by atoms with Crippen molar-refractivity contribution >= 4 is 0 Å². The topological polar surface area (TPSA) is 34.3 Å². The summed E-state index contributed by atoms with van der Waals surface area (Å²) in [7, 11) is 0. The highest BCUT2D eigenvalue weighted by Crippen LogP contribution is 2.58. The van der Waals surface area contributed by atoms with Gasteiger partial charge in [0.15, 0.2) is 0 Å². The highest BCUT2D eigenvalue weighted by molar-refractivity contribution is 5.32. The van der Waals surface area contributed by atoms with Crippen LogP contribution in [-0.4, -0.2) is 25.4 Å². The first-order chi connectivity index (χ1) is 15.3. The molecule has 0 aromatic heterocycles.